The average Bonchev–Trinajstić information content (AvgIpc) is 3.20. The number of ether oxygens (including phenoxy) is 3. The first-order chi connectivity index (χ1) is 15.0. The number of aromatic nitrogens is 2. The Kier molecular flexibility index (Phi) is 5.44. The van der Waals surface area contributed by atoms with E-state index in [1.165, 1.54) is 27.4 Å². The lowest BCUT2D eigenvalue weighted by Crippen LogP contribution is -2.13. The second-order valence-corrected chi connectivity index (χ2v) is 6.68. The number of rotatable bonds is 6. The highest BCUT2D eigenvalue weighted by Crippen LogP contribution is 2.38. The minimum absolute atomic E-state index is 0.308. The van der Waals surface area contributed by atoms with Crippen molar-refractivity contribution in [3.63, 3.8) is 0 Å². The van der Waals surface area contributed by atoms with Gasteiger partial charge in [-0.05, 0) is 35.9 Å². The normalized spacial score (nSPS) is 10.7. The number of H-pyrrole nitrogens is 1. The first-order valence-corrected chi connectivity index (χ1v) is 9.40. The number of nitrogens with zero attached hydrogens (tertiary/aromatic N) is 1. The SMILES string of the molecule is COc1cc(C(=O)Nc2n[nH]c3cc(-c4ccccc4F)ccc23)cc(OC)c1OC. The predicted molar refractivity (Wildman–Crippen MR) is 116 cm³/mol. The van der Waals surface area contributed by atoms with Crippen LogP contribution < -0.4 is 19.5 Å². The van der Waals surface area contributed by atoms with Gasteiger partial charge in [-0.1, -0.05) is 24.3 Å². The molecule has 0 atom stereocenters. The van der Waals surface area contributed by atoms with E-state index < -0.39 is 5.91 Å². The summed E-state index contributed by atoms with van der Waals surface area (Å²) in [5.74, 6) is 0.784. The van der Waals surface area contributed by atoms with Gasteiger partial charge in [0.05, 0.1) is 26.8 Å². The van der Waals surface area contributed by atoms with Gasteiger partial charge < -0.3 is 19.5 Å². The lowest BCUT2D eigenvalue weighted by molar-refractivity contribution is 0.102. The van der Waals surface area contributed by atoms with Crippen LogP contribution in [-0.4, -0.2) is 37.4 Å². The number of carbonyl (C=O) groups excluding carboxylic acids is 1. The zero-order chi connectivity index (χ0) is 22.0. The molecule has 0 saturated heterocycles. The van der Waals surface area contributed by atoms with Gasteiger partial charge in [-0.15, -0.1) is 0 Å². The summed E-state index contributed by atoms with van der Waals surface area (Å²) < 4.78 is 30.0. The molecule has 4 rings (SSSR count). The molecule has 7 nitrogen and oxygen atoms in total. The molecular formula is C23H20FN3O4. The summed E-state index contributed by atoms with van der Waals surface area (Å²) in [6.07, 6.45) is 0. The third-order valence-electron chi connectivity index (χ3n) is 4.91. The van der Waals surface area contributed by atoms with Crippen LogP contribution in [0, 0.1) is 5.82 Å². The van der Waals surface area contributed by atoms with E-state index in [0.717, 1.165) is 0 Å². The van der Waals surface area contributed by atoms with E-state index in [0.29, 0.717) is 50.7 Å². The van der Waals surface area contributed by atoms with Crippen LogP contribution in [0.5, 0.6) is 17.2 Å². The summed E-state index contributed by atoms with van der Waals surface area (Å²) in [4.78, 5) is 12.9. The van der Waals surface area contributed by atoms with Gasteiger partial charge >= 0.3 is 0 Å². The van der Waals surface area contributed by atoms with Crippen LogP contribution in [0.1, 0.15) is 10.4 Å². The summed E-state index contributed by atoms with van der Waals surface area (Å²) >= 11 is 0. The summed E-state index contributed by atoms with van der Waals surface area (Å²) in [5, 5.41) is 10.6. The second-order valence-electron chi connectivity index (χ2n) is 6.68. The van der Waals surface area contributed by atoms with Gasteiger partial charge in [0.25, 0.3) is 5.91 Å². The van der Waals surface area contributed by atoms with Gasteiger partial charge in [-0.2, -0.15) is 5.10 Å². The zero-order valence-electron chi connectivity index (χ0n) is 17.2. The molecule has 0 aliphatic heterocycles. The molecule has 0 spiro atoms. The number of anilines is 1. The molecule has 31 heavy (non-hydrogen) atoms. The molecule has 0 aliphatic rings. The van der Waals surface area contributed by atoms with Gasteiger partial charge in [0.1, 0.15) is 5.82 Å². The first-order valence-electron chi connectivity index (χ1n) is 9.40. The summed E-state index contributed by atoms with van der Waals surface area (Å²) in [6.45, 7) is 0. The smallest absolute Gasteiger partial charge is 0.257 e. The van der Waals surface area contributed by atoms with Crippen molar-refractivity contribution in [2.75, 3.05) is 26.6 Å². The molecule has 3 aromatic carbocycles. The number of hydrogen-bond donors (Lipinski definition) is 2. The van der Waals surface area contributed by atoms with Gasteiger partial charge in [0.2, 0.25) is 5.75 Å². The largest absolute Gasteiger partial charge is 0.493 e. The van der Waals surface area contributed by atoms with Crippen LogP contribution in [0.2, 0.25) is 0 Å². The average molecular weight is 421 g/mol. The van der Waals surface area contributed by atoms with Crippen LogP contribution in [0.3, 0.4) is 0 Å². The molecule has 0 aliphatic carbocycles. The maximum atomic E-state index is 14.1. The highest BCUT2D eigenvalue weighted by Gasteiger charge is 2.18. The molecule has 0 bridgehead atoms. The predicted octanol–water partition coefficient (Wildman–Crippen LogP) is 4.65. The molecule has 1 heterocycles. The quantitative estimate of drug-likeness (QED) is 0.473. The number of fused-ring (bicyclic) bond motifs is 1. The molecule has 4 aromatic rings. The fourth-order valence-corrected chi connectivity index (χ4v) is 3.37. The van der Waals surface area contributed by atoms with Gasteiger partial charge in [-0.3, -0.25) is 9.89 Å². The van der Waals surface area contributed by atoms with Crippen molar-refractivity contribution in [3.05, 3.63) is 66.0 Å². The maximum Gasteiger partial charge on any atom is 0.257 e. The Balaban J connectivity index is 1.65. The Labute approximate surface area is 177 Å². The van der Waals surface area contributed by atoms with E-state index in [1.807, 2.05) is 0 Å². The van der Waals surface area contributed by atoms with Crippen molar-refractivity contribution in [1.82, 2.24) is 10.2 Å². The third kappa shape index (κ3) is 3.75. The number of aromatic amines is 1. The van der Waals surface area contributed by atoms with Crippen molar-refractivity contribution in [1.29, 1.82) is 0 Å². The monoisotopic (exact) mass is 421 g/mol. The van der Waals surface area contributed by atoms with Gasteiger partial charge in [-0.25, -0.2) is 4.39 Å². The lowest BCUT2D eigenvalue weighted by Gasteiger charge is -2.13. The first kappa shape index (κ1) is 20.2. The number of halogens is 1. The molecule has 158 valence electrons. The third-order valence-corrected chi connectivity index (χ3v) is 4.91. The van der Waals surface area contributed by atoms with Crippen molar-refractivity contribution >= 4 is 22.6 Å². The van der Waals surface area contributed by atoms with Gasteiger partial charge in [0, 0.05) is 16.5 Å². The van der Waals surface area contributed by atoms with Gasteiger partial charge in [0.15, 0.2) is 17.3 Å². The Morgan fingerprint density at radius 2 is 1.68 bits per heavy atom. The molecular weight excluding hydrogens is 401 g/mol. The molecule has 0 fully saturated rings. The molecule has 0 unspecified atom stereocenters. The minimum Gasteiger partial charge on any atom is -0.493 e. The Morgan fingerprint density at radius 3 is 2.32 bits per heavy atom. The zero-order valence-corrected chi connectivity index (χ0v) is 17.2. The minimum atomic E-state index is -0.397. The fraction of sp³-hybridized carbons (Fsp3) is 0.130. The fourth-order valence-electron chi connectivity index (χ4n) is 3.37. The summed E-state index contributed by atoms with van der Waals surface area (Å²) in [5.41, 5.74) is 2.17. The van der Waals surface area contributed by atoms with Crippen LogP contribution in [0.25, 0.3) is 22.0 Å². The molecule has 1 amide bonds. The van der Waals surface area contributed by atoms with Crippen LogP contribution >= 0.6 is 0 Å². The second kappa shape index (κ2) is 8.35. The van der Waals surface area contributed by atoms with E-state index >= 15 is 0 Å². The van der Waals surface area contributed by atoms with Crippen molar-refractivity contribution < 1.29 is 23.4 Å². The van der Waals surface area contributed by atoms with Crippen molar-refractivity contribution in [2.45, 2.75) is 0 Å². The maximum absolute atomic E-state index is 14.1. The van der Waals surface area contributed by atoms with E-state index in [4.69, 9.17) is 14.2 Å². The summed E-state index contributed by atoms with van der Waals surface area (Å²) in [6, 6.07) is 15.0. The number of nitrogens with one attached hydrogen (secondary N) is 2. The highest BCUT2D eigenvalue weighted by atomic mass is 19.1. The van der Waals surface area contributed by atoms with E-state index in [9.17, 15) is 9.18 Å². The Morgan fingerprint density at radius 1 is 0.968 bits per heavy atom. The molecule has 1 aromatic heterocycles. The van der Waals surface area contributed by atoms with Crippen LogP contribution in [0.15, 0.2) is 54.6 Å². The summed E-state index contributed by atoms with van der Waals surface area (Å²) in [7, 11) is 4.45. The van der Waals surface area contributed by atoms with E-state index in [1.54, 1.807) is 48.5 Å². The Hall–Kier alpha value is -4.07. The molecule has 8 heteroatoms. The number of methoxy groups -OCH3 is 3. The van der Waals surface area contributed by atoms with Crippen LogP contribution in [0.4, 0.5) is 10.2 Å². The number of amides is 1. The molecule has 2 N–H and O–H groups in total. The Bertz CT molecular complexity index is 1240. The standard InChI is InChI=1S/C23H20FN3O4/c1-29-19-11-14(12-20(30-2)21(19)31-3)23(28)25-22-16-9-8-13(10-18(16)26-27-22)15-6-4-5-7-17(15)24/h4-12H,1-3H3,(H2,25,26,27,28). The van der Waals surface area contributed by atoms with E-state index in [2.05, 4.69) is 15.5 Å². The molecule has 0 saturated carbocycles. The molecule has 0 radical (unpaired) electrons. The number of carbonyl (C=O) groups is 1. The van der Waals surface area contributed by atoms with Crippen molar-refractivity contribution in [2.24, 2.45) is 0 Å². The van der Waals surface area contributed by atoms with Crippen LogP contribution in [-0.2, 0) is 0 Å². The lowest BCUT2D eigenvalue weighted by atomic mass is 10.0. The van der Waals surface area contributed by atoms with Crippen molar-refractivity contribution in [3.8, 4) is 28.4 Å². The number of hydrogen-bond acceptors (Lipinski definition) is 5. The highest BCUT2D eigenvalue weighted by molar-refractivity contribution is 6.08. The van der Waals surface area contributed by atoms with E-state index in [-0.39, 0.29) is 5.82 Å². The topological polar surface area (TPSA) is 85.5 Å². The number of benzene rings is 3.